The number of benzene rings is 1. The number of carbonyl (C=O) groups is 3. The number of para-hydroxylation sites is 1. The summed E-state index contributed by atoms with van der Waals surface area (Å²) in [6.07, 6.45) is 0.336. The van der Waals surface area contributed by atoms with Crippen LogP contribution >= 0.6 is 0 Å². The molecule has 1 heterocycles. The average molecular weight is 308 g/mol. The first-order chi connectivity index (χ1) is 10.5. The zero-order chi connectivity index (χ0) is 16.1. The molecule has 0 radical (unpaired) electrons. The molecule has 1 atom stereocenters. The predicted octanol–water partition coefficient (Wildman–Crippen LogP) is 1.16. The van der Waals surface area contributed by atoms with Crippen LogP contribution in [-0.2, 0) is 14.4 Å². The minimum atomic E-state index is -0.920. The van der Waals surface area contributed by atoms with Crippen LogP contribution in [0.5, 0.6) is 0 Å². The molecule has 1 saturated heterocycles. The summed E-state index contributed by atoms with van der Waals surface area (Å²) in [5.74, 6) is -2.57. The molecule has 1 aliphatic heterocycles. The van der Waals surface area contributed by atoms with Gasteiger partial charge in [-0.3, -0.25) is 14.4 Å². The van der Waals surface area contributed by atoms with Gasteiger partial charge in [0.2, 0.25) is 11.8 Å². The van der Waals surface area contributed by atoms with Gasteiger partial charge in [0, 0.05) is 25.9 Å². The zero-order valence-electron chi connectivity index (χ0n) is 11.9. The molecule has 1 aromatic rings. The van der Waals surface area contributed by atoms with Gasteiger partial charge in [0.15, 0.2) is 0 Å². The number of amides is 2. The summed E-state index contributed by atoms with van der Waals surface area (Å²) in [6.45, 7) is 0.375. The van der Waals surface area contributed by atoms with Crippen LogP contribution in [0, 0.1) is 11.7 Å². The molecule has 2 rings (SSSR count). The van der Waals surface area contributed by atoms with Crippen molar-refractivity contribution in [3.8, 4) is 0 Å². The fourth-order valence-corrected chi connectivity index (χ4v) is 2.38. The Balaban J connectivity index is 1.90. The molecule has 2 amide bonds. The molecule has 6 nitrogen and oxygen atoms in total. The van der Waals surface area contributed by atoms with Crippen molar-refractivity contribution in [1.82, 2.24) is 5.32 Å². The van der Waals surface area contributed by atoms with Crippen molar-refractivity contribution in [2.24, 2.45) is 5.92 Å². The first-order valence-electron chi connectivity index (χ1n) is 7.03. The highest BCUT2D eigenvalue weighted by molar-refractivity contribution is 6.00. The molecule has 1 unspecified atom stereocenters. The van der Waals surface area contributed by atoms with E-state index in [2.05, 4.69) is 5.32 Å². The SMILES string of the molecule is O=C(O)CCCNC(=O)C1CC(=O)N(c2ccccc2F)C1. The first kappa shape index (κ1) is 15.9. The second-order valence-corrected chi connectivity index (χ2v) is 5.15. The van der Waals surface area contributed by atoms with Crippen LogP contribution in [-0.4, -0.2) is 36.0 Å². The van der Waals surface area contributed by atoms with E-state index in [1.807, 2.05) is 0 Å². The van der Waals surface area contributed by atoms with Crippen LogP contribution in [0.15, 0.2) is 24.3 Å². The smallest absolute Gasteiger partial charge is 0.303 e. The highest BCUT2D eigenvalue weighted by atomic mass is 19.1. The summed E-state index contributed by atoms with van der Waals surface area (Å²) in [5.41, 5.74) is 0.175. The molecule has 118 valence electrons. The van der Waals surface area contributed by atoms with Crippen molar-refractivity contribution in [3.63, 3.8) is 0 Å². The van der Waals surface area contributed by atoms with Crippen molar-refractivity contribution in [2.75, 3.05) is 18.0 Å². The van der Waals surface area contributed by atoms with E-state index >= 15 is 0 Å². The van der Waals surface area contributed by atoms with Crippen molar-refractivity contribution in [1.29, 1.82) is 0 Å². The standard InChI is InChI=1S/C15H17FN2O4/c16-11-4-1-2-5-12(11)18-9-10(8-13(18)19)15(22)17-7-3-6-14(20)21/h1-2,4-5,10H,3,6-9H2,(H,17,22)(H,20,21). The maximum atomic E-state index is 13.7. The fourth-order valence-electron chi connectivity index (χ4n) is 2.38. The summed E-state index contributed by atoms with van der Waals surface area (Å²) in [6, 6.07) is 5.93. The number of hydrogen-bond donors (Lipinski definition) is 2. The van der Waals surface area contributed by atoms with E-state index in [0.717, 1.165) is 0 Å². The number of aliphatic carboxylic acids is 1. The maximum Gasteiger partial charge on any atom is 0.303 e. The van der Waals surface area contributed by atoms with E-state index in [9.17, 15) is 18.8 Å². The lowest BCUT2D eigenvalue weighted by Gasteiger charge is -2.17. The van der Waals surface area contributed by atoms with Crippen molar-refractivity contribution < 1.29 is 23.9 Å². The number of rotatable bonds is 6. The van der Waals surface area contributed by atoms with Crippen LogP contribution < -0.4 is 10.2 Å². The third kappa shape index (κ3) is 3.81. The topological polar surface area (TPSA) is 86.7 Å². The largest absolute Gasteiger partial charge is 0.481 e. The average Bonchev–Trinajstić information content (AvgIpc) is 2.86. The Morgan fingerprint density at radius 2 is 2.09 bits per heavy atom. The van der Waals surface area contributed by atoms with E-state index in [4.69, 9.17) is 5.11 Å². The number of carbonyl (C=O) groups excluding carboxylic acids is 2. The Morgan fingerprint density at radius 3 is 2.77 bits per heavy atom. The molecule has 22 heavy (non-hydrogen) atoms. The molecule has 0 aromatic heterocycles. The normalized spacial score (nSPS) is 17.6. The molecule has 0 aliphatic carbocycles. The van der Waals surface area contributed by atoms with Crippen LogP contribution in [0.25, 0.3) is 0 Å². The molecule has 2 N–H and O–H groups in total. The molecule has 1 aromatic carbocycles. The van der Waals surface area contributed by atoms with Gasteiger partial charge in [-0.2, -0.15) is 0 Å². The van der Waals surface area contributed by atoms with Crippen molar-refractivity contribution in [2.45, 2.75) is 19.3 Å². The molecule has 0 bridgehead atoms. The first-order valence-corrected chi connectivity index (χ1v) is 7.03. The lowest BCUT2D eigenvalue weighted by Crippen LogP contribution is -2.33. The zero-order valence-corrected chi connectivity index (χ0v) is 11.9. The van der Waals surface area contributed by atoms with Crippen molar-refractivity contribution in [3.05, 3.63) is 30.1 Å². The molecule has 1 aliphatic rings. The Kier molecular flexibility index (Phi) is 5.08. The Labute approximate surface area is 126 Å². The van der Waals surface area contributed by atoms with E-state index < -0.39 is 17.7 Å². The van der Waals surface area contributed by atoms with Crippen LogP contribution in [0.3, 0.4) is 0 Å². The summed E-state index contributed by atoms with van der Waals surface area (Å²) in [7, 11) is 0. The monoisotopic (exact) mass is 308 g/mol. The lowest BCUT2D eigenvalue weighted by atomic mass is 10.1. The molecule has 0 saturated carbocycles. The summed E-state index contributed by atoms with van der Waals surface area (Å²) < 4.78 is 13.7. The van der Waals surface area contributed by atoms with Gasteiger partial charge in [-0.05, 0) is 18.6 Å². The highest BCUT2D eigenvalue weighted by Gasteiger charge is 2.35. The molecular formula is C15H17FN2O4. The van der Waals surface area contributed by atoms with Crippen molar-refractivity contribution >= 4 is 23.5 Å². The second-order valence-electron chi connectivity index (χ2n) is 5.15. The Bertz CT molecular complexity index is 591. The van der Waals surface area contributed by atoms with E-state index in [1.165, 1.54) is 23.1 Å². The third-order valence-corrected chi connectivity index (χ3v) is 3.51. The van der Waals surface area contributed by atoms with Crippen LogP contribution in [0.2, 0.25) is 0 Å². The van der Waals surface area contributed by atoms with Gasteiger partial charge in [-0.25, -0.2) is 4.39 Å². The molecule has 7 heteroatoms. The quantitative estimate of drug-likeness (QED) is 0.772. The number of carboxylic acid groups (broad SMARTS) is 1. The highest BCUT2D eigenvalue weighted by Crippen LogP contribution is 2.27. The summed E-state index contributed by atoms with van der Waals surface area (Å²) in [5, 5.41) is 11.1. The van der Waals surface area contributed by atoms with Gasteiger partial charge in [-0.15, -0.1) is 0 Å². The number of nitrogens with zero attached hydrogens (tertiary/aromatic N) is 1. The fraction of sp³-hybridized carbons (Fsp3) is 0.400. The maximum absolute atomic E-state index is 13.7. The molecule has 0 spiro atoms. The minimum Gasteiger partial charge on any atom is -0.481 e. The number of nitrogens with one attached hydrogen (secondary N) is 1. The van der Waals surface area contributed by atoms with Gasteiger partial charge in [-0.1, -0.05) is 12.1 Å². The minimum absolute atomic E-state index is 0.0226. The van der Waals surface area contributed by atoms with E-state index in [0.29, 0.717) is 6.42 Å². The Hall–Kier alpha value is -2.44. The van der Waals surface area contributed by atoms with Gasteiger partial charge >= 0.3 is 5.97 Å². The van der Waals surface area contributed by atoms with Gasteiger partial charge < -0.3 is 15.3 Å². The van der Waals surface area contributed by atoms with Crippen LogP contribution in [0.4, 0.5) is 10.1 Å². The number of hydrogen-bond acceptors (Lipinski definition) is 3. The number of halogens is 1. The number of anilines is 1. The lowest BCUT2D eigenvalue weighted by molar-refractivity contribution is -0.137. The number of carboxylic acids is 1. The molecule has 1 fully saturated rings. The van der Waals surface area contributed by atoms with E-state index in [1.54, 1.807) is 6.07 Å². The molecular weight excluding hydrogens is 291 g/mol. The van der Waals surface area contributed by atoms with Gasteiger partial charge in [0.05, 0.1) is 11.6 Å². The van der Waals surface area contributed by atoms with Gasteiger partial charge in [0.25, 0.3) is 0 Å². The predicted molar refractivity (Wildman–Crippen MR) is 76.7 cm³/mol. The van der Waals surface area contributed by atoms with Gasteiger partial charge in [0.1, 0.15) is 5.82 Å². The summed E-state index contributed by atoms with van der Waals surface area (Å²) in [4.78, 5) is 35.6. The second kappa shape index (κ2) is 7.02. The van der Waals surface area contributed by atoms with E-state index in [-0.39, 0.29) is 43.4 Å². The third-order valence-electron chi connectivity index (χ3n) is 3.51. The van der Waals surface area contributed by atoms with Crippen LogP contribution in [0.1, 0.15) is 19.3 Å². The summed E-state index contributed by atoms with van der Waals surface area (Å²) >= 11 is 0. The Morgan fingerprint density at radius 1 is 1.36 bits per heavy atom.